The molecule has 9 aromatic rings. The van der Waals surface area contributed by atoms with Gasteiger partial charge in [0.05, 0.1) is 0 Å². The molecule has 10 rings (SSSR count). The standard InChI is InChI=1S/C56H41N/c1-4-14-40(15-5-1)42-24-26-43(27-25-42)45-30-34-50(35-31-45)57(49-32-28-44(29-33-49)41-16-6-2-7-17-41)51-36-37-54(55(39-51)46-18-8-3-9-19-46)56-52-22-12-10-20-47(52)38-48-21-11-13-23-53(48)56/h1,3-6,8-39H,2,7H2. The van der Waals surface area contributed by atoms with E-state index >= 15 is 0 Å². The molecule has 0 heterocycles. The van der Waals surface area contributed by atoms with Crippen molar-refractivity contribution in [2.75, 3.05) is 4.90 Å². The minimum absolute atomic E-state index is 1.08. The average Bonchev–Trinajstić information content (AvgIpc) is 3.30. The highest BCUT2D eigenvalue weighted by molar-refractivity contribution is 6.15. The number of hydrogen-bond acceptors (Lipinski definition) is 1. The lowest BCUT2D eigenvalue weighted by atomic mass is 9.87. The van der Waals surface area contributed by atoms with E-state index in [9.17, 15) is 0 Å². The van der Waals surface area contributed by atoms with Crippen molar-refractivity contribution in [3.8, 4) is 44.5 Å². The number of nitrogens with zero attached hydrogens (tertiary/aromatic N) is 1. The van der Waals surface area contributed by atoms with Crippen LogP contribution >= 0.6 is 0 Å². The lowest BCUT2D eigenvalue weighted by molar-refractivity contribution is 1.04. The molecule has 0 fully saturated rings. The predicted octanol–water partition coefficient (Wildman–Crippen LogP) is 15.9. The summed E-state index contributed by atoms with van der Waals surface area (Å²) in [6, 6.07) is 75.3. The van der Waals surface area contributed by atoms with E-state index in [4.69, 9.17) is 0 Å². The zero-order chi connectivity index (χ0) is 38.0. The Morgan fingerprint density at radius 1 is 0.333 bits per heavy atom. The third-order valence-corrected chi connectivity index (χ3v) is 11.3. The first-order chi connectivity index (χ1) is 28.3. The molecule has 1 aliphatic carbocycles. The van der Waals surface area contributed by atoms with Crippen molar-refractivity contribution in [3.63, 3.8) is 0 Å². The third kappa shape index (κ3) is 6.75. The lowest BCUT2D eigenvalue weighted by Gasteiger charge is -2.27. The molecule has 0 amide bonds. The number of rotatable bonds is 8. The fraction of sp³-hybridized carbons (Fsp3) is 0.0357. The van der Waals surface area contributed by atoms with Crippen molar-refractivity contribution in [1.82, 2.24) is 0 Å². The van der Waals surface area contributed by atoms with Crippen LogP contribution in [0.1, 0.15) is 18.4 Å². The van der Waals surface area contributed by atoms with Gasteiger partial charge in [-0.25, -0.2) is 0 Å². The molecule has 0 atom stereocenters. The number of anilines is 3. The van der Waals surface area contributed by atoms with Gasteiger partial charge in [0, 0.05) is 17.1 Å². The Morgan fingerprint density at radius 2 is 0.807 bits per heavy atom. The van der Waals surface area contributed by atoms with E-state index in [0.717, 1.165) is 29.9 Å². The van der Waals surface area contributed by atoms with E-state index in [1.54, 1.807) is 0 Å². The molecule has 0 aromatic heterocycles. The zero-order valence-corrected chi connectivity index (χ0v) is 31.7. The van der Waals surface area contributed by atoms with Gasteiger partial charge in [-0.1, -0.05) is 182 Å². The van der Waals surface area contributed by atoms with Crippen LogP contribution in [0.3, 0.4) is 0 Å². The quantitative estimate of drug-likeness (QED) is 0.141. The van der Waals surface area contributed by atoms with E-state index in [0.29, 0.717) is 0 Å². The first-order valence-electron chi connectivity index (χ1n) is 19.9. The molecule has 0 radical (unpaired) electrons. The summed E-state index contributed by atoms with van der Waals surface area (Å²) in [5, 5.41) is 5.00. The van der Waals surface area contributed by atoms with Crippen LogP contribution in [0, 0.1) is 0 Å². The van der Waals surface area contributed by atoms with Crippen molar-refractivity contribution >= 4 is 44.2 Å². The monoisotopic (exact) mass is 727 g/mol. The van der Waals surface area contributed by atoms with E-state index < -0.39 is 0 Å². The molecular formula is C56H41N. The summed E-state index contributed by atoms with van der Waals surface area (Å²) in [7, 11) is 0. The van der Waals surface area contributed by atoms with E-state index in [1.807, 2.05) is 0 Å². The van der Waals surface area contributed by atoms with Gasteiger partial charge >= 0.3 is 0 Å². The Kier molecular flexibility index (Phi) is 9.10. The number of allylic oxidation sites excluding steroid dienone is 4. The molecule has 0 bridgehead atoms. The zero-order valence-electron chi connectivity index (χ0n) is 31.7. The van der Waals surface area contributed by atoms with E-state index in [1.165, 1.54) is 77.2 Å². The highest BCUT2D eigenvalue weighted by atomic mass is 15.1. The Bertz CT molecular complexity index is 2850. The van der Waals surface area contributed by atoms with Gasteiger partial charge in [0.1, 0.15) is 0 Å². The first-order valence-corrected chi connectivity index (χ1v) is 19.9. The molecule has 9 aromatic carbocycles. The smallest absolute Gasteiger partial charge is 0.0468 e. The summed E-state index contributed by atoms with van der Waals surface area (Å²) < 4.78 is 0. The number of fused-ring (bicyclic) bond motifs is 2. The topological polar surface area (TPSA) is 3.24 Å². The third-order valence-electron chi connectivity index (χ3n) is 11.3. The van der Waals surface area contributed by atoms with Gasteiger partial charge in [0.2, 0.25) is 0 Å². The second kappa shape index (κ2) is 15.1. The predicted molar refractivity (Wildman–Crippen MR) is 244 cm³/mol. The fourth-order valence-corrected chi connectivity index (χ4v) is 8.42. The average molecular weight is 728 g/mol. The Labute approximate surface area is 335 Å². The van der Waals surface area contributed by atoms with Crippen LogP contribution in [0.15, 0.2) is 224 Å². The summed E-state index contributed by atoms with van der Waals surface area (Å²) in [6.45, 7) is 0. The summed E-state index contributed by atoms with van der Waals surface area (Å²) in [5.41, 5.74) is 15.6. The molecule has 1 nitrogen and oxygen atoms in total. The molecule has 1 aliphatic rings. The molecule has 0 saturated carbocycles. The summed E-state index contributed by atoms with van der Waals surface area (Å²) >= 11 is 0. The summed E-state index contributed by atoms with van der Waals surface area (Å²) in [6.07, 6.45) is 9.07. The van der Waals surface area contributed by atoms with E-state index in [-0.39, 0.29) is 0 Å². The van der Waals surface area contributed by atoms with E-state index in [2.05, 4.69) is 229 Å². The Balaban J connectivity index is 1.12. The number of benzene rings is 9. The second-order valence-electron chi connectivity index (χ2n) is 14.8. The van der Waals surface area contributed by atoms with Crippen LogP contribution in [0.25, 0.3) is 71.6 Å². The normalized spacial score (nSPS) is 12.5. The maximum absolute atomic E-state index is 2.40. The summed E-state index contributed by atoms with van der Waals surface area (Å²) in [5.74, 6) is 0. The van der Waals surface area contributed by atoms with Gasteiger partial charge < -0.3 is 4.90 Å². The molecule has 0 saturated heterocycles. The highest BCUT2D eigenvalue weighted by Gasteiger charge is 2.19. The van der Waals surface area contributed by atoms with Crippen molar-refractivity contribution < 1.29 is 0 Å². The minimum Gasteiger partial charge on any atom is -0.310 e. The van der Waals surface area contributed by atoms with Crippen LogP contribution in [0.4, 0.5) is 17.1 Å². The minimum atomic E-state index is 1.08. The fourth-order valence-electron chi connectivity index (χ4n) is 8.42. The van der Waals surface area contributed by atoms with Crippen LogP contribution in [0.5, 0.6) is 0 Å². The van der Waals surface area contributed by atoms with Gasteiger partial charge in [-0.3, -0.25) is 0 Å². The second-order valence-corrected chi connectivity index (χ2v) is 14.8. The van der Waals surface area contributed by atoms with Crippen LogP contribution in [-0.2, 0) is 0 Å². The van der Waals surface area contributed by atoms with Crippen molar-refractivity contribution in [1.29, 1.82) is 0 Å². The van der Waals surface area contributed by atoms with Crippen LogP contribution in [-0.4, -0.2) is 0 Å². The maximum atomic E-state index is 2.40. The van der Waals surface area contributed by atoms with Gasteiger partial charge in [0.15, 0.2) is 0 Å². The molecule has 0 aliphatic heterocycles. The highest BCUT2D eigenvalue weighted by Crippen LogP contribution is 2.45. The van der Waals surface area contributed by atoms with Crippen molar-refractivity contribution in [3.05, 3.63) is 230 Å². The first kappa shape index (κ1) is 34.3. The molecule has 0 unspecified atom stereocenters. The SMILES string of the molecule is C1=CC(c2ccc(N(c3ccc(-c4ccc(-c5ccccc5)cc4)cc3)c3ccc(-c4c5ccccc5cc5ccccc45)c(-c4ccccc4)c3)cc2)=CCC1. The maximum Gasteiger partial charge on any atom is 0.0468 e. The Hall–Kier alpha value is -7.22. The van der Waals surface area contributed by atoms with Gasteiger partial charge in [-0.2, -0.15) is 0 Å². The van der Waals surface area contributed by atoms with Gasteiger partial charge in [-0.15, -0.1) is 0 Å². The van der Waals surface area contributed by atoms with Crippen LogP contribution < -0.4 is 4.90 Å². The molecular weight excluding hydrogens is 687 g/mol. The van der Waals surface area contributed by atoms with Gasteiger partial charge in [-0.05, 0) is 132 Å². The van der Waals surface area contributed by atoms with Crippen molar-refractivity contribution in [2.24, 2.45) is 0 Å². The number of hydrogen-bond donors (Lipinski definition) is 0. The summed E-state index contributed by atoms with van der Waals surface area (Å²) in [4.78, 5) is 2.40. The van der Waals surface area contributed by atoms with Crippen molar-refractivity contribution in [2.45, 2.75) is 12.8 Å². The molecule has 270 valence electrons. The largest absolute Gasteiger partial charge is 0.310 e. The van der Waals surface area contributed by atoms with Crippen LogP contribution in [0.2, 0.25) is 0 Å². The molecule has 1 heteroatoms. The molecule has 0 spiro atoms. The van der Waals surface area contributed by atoms with Gasteiger partial charge in [0.25, 0.3) is 0 Å². The molecule has 57 heavy (non-hydrogen) atoms. The Morgan fingerprint density at radius 3 is 1.37 bits per heavy atom. The molecule has 0 N–H and O–H groups in total. The lowest BCUT2D eigenvalue weighted by Crippen LogP contribution is -2.10.